The molecule has 33 heavy (non-hydrogen) atoms. The smallest absolute Gasteiger partial charge is 0.322 e. The Morgan fingerprint density at radius 3 is 2.52 bits per heavy atom. The fourth-order valence-electron chi connectivity index (χ4n) is 4.90. The summed E-state index contributed by atoms with van der Waals surface area (Å²) in [5.41, 5.74) is 4.90. The highest BCUT2D eigenvalue weighted by atomic mass is 16.2. The van der Waals surface area contributed by atoms with Crippen molar-refractivity contribution in [2.45, 2.75) is 39.3 Å². The number of hydrogen-bond donors (Lipinski definition) is 2. The summed E-state index contributed by atoms with van der Waals surface area (Å²) in [7, 11) is 0. The molecule has 5 rings (SSSR count). The van der Waals surface area contributed by atoms with Crippen LogP contribution in [0.2, 0.25) is 0 Å². The van der Waals surface area contributed by atoms with Gasteiger partial charge in [-0.15, -0.1) is 0 Å². The van der Waals surface area contributed by atoms with Crippen molar-refractivity contribution in [2.24, 2.45) is 0 Å². The Labute approximate surface area is 193 Å². The van der Waals surface area contributed by atoms with Gasteiger partial charge >= 0.3 is 6.03 Å². The molecule has 1 aliphatic heterocycles. The van der Waals surface area contributed by atoms with E-state index in [-0.39, 0.29) is 11.9 Å². The summed E-state index contributed by atoms with van der Waals surface area (Å²) in [6.45, 7) is 5.56. The monoisotopic (exact) mass is 440 g/mol. The molecule has 1 unspecified atom stereocenters. The summed E-state index contributed by atoms with van der Waals surface area (Å²) in [6.07, 6.45) is 1.47. The second kappa shape index (κ2) is 8.62. The summed E-state index contributed by atoms with van der Waals surface area (Å²) in [6, 6.07) is 21.3. The Bertz CT molecular complexity index is 1360. The van der Waals surface area contributed by atoms with Crippen molar-refractivity contribution in [1.29, 1.82) is 0 Å². The first-order valence-corrected chi connectivity index (χ1v) is 11.5. The predicted molar refractivity (Wildman–Crippen MR) is 134 cm³/mol. The number of benzene rings is 3. The minimum atomic E-state index is -0.476. The lowest BCUT2D eigenvalue weighted by molar-refractivity contribution is -0.119. The molecule has 2 N–H and O–H groups in total. The van der Waals surface area contributed by atoms with E-state index in [2.05, 4.69) is 40.3 Å². The molecule has 1 aliphatic rings. The molecule has 6 heteroatoms. The average Bonchev–Trinajstić information content (AvgIpc) is 3.42. The lowest BCUT2D eigenvalue weighted by Crippen LogP contribution is -2.45. The highest BCUT2D eigenvalue weighted by Gasteiger charge is 2.34. The number of aryl methyl sites for hydroxylation is 2. The molecule has 0 spiro atoms. The zero-order valence-corrected chi connectivity index (χ0v) is 19.0. The number of amides is 3. The van der Waals surface area contributed by atoms with Crippen LogP contribution < -0.4 is 10.6 Å². The zero-order chi connectivity index (χ0) is 22.9. The van der Waals surface area contributed by atoms with Crippen molar-refractivity contribution in [2.75, 3.05) is 17.2 Å². The third kappa shape index (κ3) is 3.93. The van der Waals surface area contributed by atoms with E-state index in [1.807, 2.05) is 55.5 Å². The lowest BCUT2D eigenvalue weighted by Gasteiger charge is -2.24. The van der Waals surface area contributed by atoms with Gasteiger partial charge in [0.15, 0.2) is 0 Å². The molecule has 0 bridgehead atoms. The number of aromatic nitrogens is 1. The maximum Gasteiger partial charge on any atom is 0.322 e. The van der Waals surface area contributed by atoms with Gasteiger partial charge in [-0.3, -0.25) is 4.79 Å². The molecule has 4 aromatic rings. The summed E-state index contributed by atoms with van der Waals surface area (Å²) >= 11 is 0. The number of urea groups is 1. The van der Waals surface area contributed by atoms with E-state index in [9.17, 15) is 9.59 Å². The second-order valence-corrected chi connectivity index (χ2v) is 8.63. The van der Waals surface area contributed by atoms with Gasteiger partial charge in [-0.05, 0) is 68.7 Å². The van der Waals surface area contributed by atoms with Crippen LogP contribution in [0.3, 0.4) is 0 Å². The average molecular weight is 441 g/mol. The van der Waals surface area contributed by atoms with Crippen molar-refractivity contribution < 1.29 is 9.59 Å². The number of hydrogen-bond acceptors (Lipinski definition) is 2. The van der Waals surface area contributed by atoms with Gasteiger partial charge in [0.05, 0.1) is 0 Å². The first-order chi connectivity index (χ1) is 16.0. The normalized spacial score (nSPS) is 15.8. The van der Waals surface area contributed by atoms with Crippen LogP contribution >= 0.6 is 0 Å². The first kappa shape index (κ1) is 21.1. The van der Waals surface area contributed by atoms with Crippen molar-refractivity contribution in [1.82, 2.24) is 9.47 Å². The molecule has 168 valence electrons. The van der Waals surface area contributed by atoms with Crippen LogP contribution in [0, 0.1) is 6.92 Å². The number of carbonyl (C=O) groups excluding carboxylic acids is 2. The van der Waals surface area contributed by atoms with E-state index in [1.54, 1.807) is 4.90 Å². The number of likely N-dealkylation sites (tertiary alicyclic amines) is 1. The Kier molecular flexibility index (Phi) is 5.50. The van der Waals surface area contributed by atoms with E-state index < -0.39 is 6.04 Å². The van der Waals surface area contributed by atoms with Crippen molar-refractivity contribution in [3.8, 4) is 0 Å². The fourth-order valence-corrected chi connectivity index (χ4v) is 4.90. The maximum atomic E-state index is 13.1. The minimum absolute atomic E-state index is 0.144. The van der Waals surface area contributed by atoms with Crippen LogP contribution in [0.5, 0.6) is 0 Å². The molecule has 1 saturated heterocycles. The molecule has 0 aliphatic carbocycles. The molecule has 3 aromatic carbocycles. The second-order valence-electron chi connectivity index (χ2n) is 8.63. The Balaban J connectivity index is 1.36. The van der Waals surface area contributed by atoms with E-state index in [1.165, 1.54) is 10.9 Å². The molecule has 0 radical (unpaired) electrons. The van der Waals surface area contributed by atoms with E-state index >= 15 is 0 Å². The third-order valence-electron chi connectivity index (χ3n) is 6.44. The minimum Gasteiger partial charge on any atom is -0.341 e. The van der Waals surface area contributed by atoms with Gasteiger partial charge < -0.3 is 20.1 Å². The molecular formula is C27H28N4O2. The SMILES string of the molecule is CCn1c2ccccc2c2cc(NC(=O)N3CCCC3C(=O)Nc3cccc(C)c3)ccc21. The standard InChI is InChI=1S/C27H28N4O2/c1-3-30-23-11-5-4-10-21(23)22-17-20(13-14-24(22)30)29-27(33)31-15-7-12-25(31)26(32)28-19-9-6-8-18(2)16-19/h4-6,8-11,13-14,16-17,25H,3,7,12,15H2,1-2H3,(H,28,32)(H,29,33). The molecule has 1 fully saturated rings. The molecule has 1 atom stereocenters. The summed E-state index contributed by atoms with van der Waals surface area (Å²) in [5.74, 6) is -0.144. The quantitative estimate of drug-likeness (QED) is 0.424. The number of fused-ring (bicyclic) bond motifs is 3. The largest absolute Gasteiger partial charge is 0.341 e. The molecule has 1 aromatic heterocycles. The third-order valence-corrected chi connectivity index (χ3v) is 6.44. The van der Waals surface area contributed by atoms with Gasteiger partial charge in [0.1, 0.15) is 6.04 Å². The van der Waals surface area contributed by atoms with Gasteiger partial charge in [-0.2, -0.15) is 0 Å². The number of carbonyl (C=O) groups is 2. The fraction of sp³-hybridized carbons (Fsp3) is 0.259. The van der Waals surface area contributed by atoms with Crippen molar-refractivity contribution in [3.05, 3.63) is 72.3 Å². The van der Waals surface area contributed by atoms with Gasteiger partial charge in [0.2, 0.25) is 5.91 Å². The van der Waals surface area contributed by atoms with Gasteiger partial charge in [0, 0.05) is 46.3 Å². The Morgan fingerprint density at radius 2 is 1.70 bits per heavy atom. The number of nitrogens with zero attached hydrogens (tertiary/aromatic N) is 2. The van der Waals surface area contributed by atoms with Crippen molar-refractivity contribution >= 4 is 45.1 Å². The summed E-state index contributed by atoms with van der Waals surface area (Å²) < 4.78 is 2.28. The highest BCUT2D eigenvalue weighted by Crippen LogP contribution is 2.31. The first-order valence-electron chi connectivity index (χ1n) is 11.5. The lowest BCUT2D eigenvalue weighted by atomic mass is 10.1. The maximum absolute atomic E-state index is 13.1. The number of nitrogens with one attached hydrogen (secondary N) is 2. The van der Waals surface area contributed by atoms with Gasteiger partial charge in [0.25, 0.3) is 0 Å². The number of anilines is 2. The van der Waals surface area contributed by atoms with Crippen LogP contribution in [-0.4, -0.2) is 34.0 Å². The van der Waals surface area contributed by atoms with Gasteiger partial charge in [-0.1, -0.05) is 30.3 Å². The van der Waals surface area contributed by atoms with E-state index in [0.717, 1.165) is 40.8 Å². The van der Waals surface area contributed by atoms with Crippen LogP contribution in [-0.2, 0) is 11.3 Å². The molecular weight excluding hydrogens is 412 g/mol. The topological polar surface area (TPSA) is 66.4 Å². The van der Waals surface area contributed by atoms with Crippen LogP contribution in [0.1, 0.15) is 25.3 Å². The van der Waals surface area contributed by atoms with Crippen LogP contribution in [0.4, 0.5) is 16.2 Å². The van der Waals surface area contributed by atoms with Crippen LogP contribution in [0.15, 0.2) is 66.7 Å². The number of para-hydroxylation sites is 1. The Hall–Kier alpha value is -3.80. The predicted octanol–water partition coefficient (Wildman–Crippen LogP) is 5.76. The summed E-state index contributed by atoms with van der Waals surface area (Å²) in [5, 5.41) is 8.27. The number of rotatable bonds is 4. The van der Waals surface area contributed by atoms with E-state index in [0.29, 0.717) is 13.0 Å². The van der Waals surface area contributed by atoms with E-state index in [4.69, 9.17) is 0 Å². The Morgan fingerprint density at radius 1 is 0.909 bits per heavy atom. The highest BCUT2D eigenvalue weighted by molar-refractivity contribution is 6.10. The molecule has 2 heterocycles. The zero-order valence-electron chi connectivity index (χ0n) is 19.0. The molecule has 6 nitrogen and oxygen atoms in total. The molecule has 0 saturated carbocycles. The van der Waals surface area contributed by atoms with Crippen molar-refractivity contribution in [3.63, 3.8) is 0 Å². The van der Waals surface area contributed by atoms with Gasteiger partial charge in [-0.25, -0.2) is 4.79 Å². The summed E-state index contributed by atoms with van der Waals surface area (Å²) in [4.78, 5) is 27.7. The van der Waals surface area contributed by atoms with Crippen LogP contribution in [0.25, 0.3) is 21.8 Å². The molecule has 3 amide bonds.